The molecule has 7 nitrogen and oxygen atoms in total. The number of carbonyl (C=O) groups is 1. The number of aromatic hydroxyl groups is 1. The van der Waals surface area contributed by atoms with E-state index in [-0.39, 0.29) is 17.2 Å². The molecule has 0 radical (unpaired) electrons. The number of esters is 1. The average molecular weight is 453 g/mol. The van der Waals surface area contributed by atoms with E-state index >= 15 is 0 Å². The lowest BCUT2D eigenvalue weighted by Gasteiger charge is -2.30. The molecule has 0 bridgehead atoms. The van der Waals surface area contributed by atoms with Gasteiger partial charge in [-0.3, -0.25) is 4.90 Å². The first kappa shape index (κ1) is 23.0. The second kappa shape index (κ2) is 9.35. The average Bonchev–Trinajstić information content (AvgIpc) is 3.25. The molecule has 1 unspecified atom stereocenters. The maximum atomic E-state index is 13.1. The summed E-state index contributed by atoms with van der Waals surface area (Å²) in [6.45, 7) is 9.25. The molecule has 33 heavy (non-hydrogen) atoms. The lowest BCUT2D eigenvalue weighted by Crippen LogP contribution is -2.32. The summed E-state index contributed by atoms with van der Waals surface area (Å²) in [6, 6.07) is 12.5. The first-order chi connectivity index (χ1) is 15.7. The largest absolute Gasteiger partial charge is 0.508 e. The number of phenolic OH excluding ortho intramolecular Hbond substituents is 1. The summed E-state index contributed by atoms with van der Waals surface area (Å²) in [5.41, 5.74) is 7.33. The molecule has 0 aromatic heterocycles. The van der Waals surface area contributed by atoms with Gasteiger partial charge in [0.05, 0.1) is 5.92 Å². The third-order valence-corrected chi connectivity index (χ3v) is 5.79. The van der Waals surface area contributed by atoms with Crippen molar-refractivity contribution in [1.29, 1.82) is 0 Å². The molecule has 4 rings (SSSR count). The third kappa shape index (κ3) is 5.42. The zero-order chi connectivity index (χ0) is 23.6. The molecular weight excluding hydrogens is 420 g/mol. The Morgan fingerprint density at radius 1 is 1.15 bits per heavy atom. The maximum absolute atomic E-state index is 13.1. The van der Waals surface area contributed by atoms with Crippen molar-refractivity contribution in [2.75, 3.05) is 26.2 Å². The molecule has 0 aliphatic carbocycles. The molecule has 1 atom stereocenters. The molecule has 0 amide bonds. The molecule has 0 spiro atoms. The zero-order valence-corrected chi connectivity index (χ0v) is 19.5. The van der Waals surface area contributed by atoms with Crippen LogP contribution in [0.2, 0.25) is 0 Å². The molecule has 176 valence electrons. The number of hydrogen-bond donors (Lipinski definition) is 2. The van der Waals surface area contributed by atoms with Gasteiger partial charge in [0.1, 0.15) is 35.0 Å². The standard InChI is InChI=1S/C26H32N2O5/c1-26(2,3)33-25(30)23-22(20-11-8-18(29)16-21(20)32-24(23)27)17-6-9-19(10-7-17)31-15-14-28-12-4-5-13-28/h6-11,16,22,29H,4-5,12-15,27H2,1-3H3. The Kier molecular flexibility index (Phi) is 6.51. The van der Waals surface area contributed by atoms with E-state index in [1.165, 1.54) is 18.9 Å². The number of nitrogens with two attached hydrogens (primary N) is 1. The number of phenols is 1. The van der Waals surface area contributed by atoms with Crippen molar-refractivity contribution in [2.24, 2.45) is 5.73 Å². The lowest BCUT2D eigenvalue weighted by atomic mass is 9.83. The lowest BCUT2D eigenvalue weighted by molar-refractivity contribution is -0.150. The van der Waals surface area contributed by atoms with Crippen LogP contribution in [0.1, 0.15) is 50.7 Å². The van der Waals surface area contributed by atoms with E-state index in [0.717, 1.165) is 36.5 Å². The minimum atomic E-state index is -0.683. The third-order valence-electron chi connectivity index (χ3n) is 5.79. The summed E-state index contributed by atoms with van der Waals surface area (Å²) in [5.74, 6) is 0.182. The van der Waals surface area contributed by atoms with E-state index in [2.05, 4.69) is 4.90 Å². The van der Waals surface area contributed by atoms with Crippen molar-refractivity contribution >= 4 is 5.97 Å². The van der Waals surface area contributed by atoms with E-state index in [0.29, 0.717) is 12.4 Å². The van der Waals surface area contributed by atoms with E-state index < -0.39 is 17.5 Å². The Hall–Kier alpha value is -3.19. The van der Waals surface area contributed by atoms with Crippen molar-refractivity contribution < 1.29 is 24.1 Å². The van der Waals surface area contributed by atoms with Crippen molar-refractivity contribution in [1.82, 2.24) is 4.90 Å². The molecule has 1 fully saturated rings. The van der Waals surface area contributed by atoms with Crippen LogP contribution in [0.4, 0.5) is 0 Å². The van der Waals surface area contributed by atoms with E-state index in [9.17, 15) is 9.90 Å². The van der Waals surface area contributed by atoms with Gasteiger partial charge in [0.15, 0.2) is 0 Å². The van der Waals surface area contributed by atoms with Gasteiger partial charge in [-0.2, -0.15) is 0 Å². The summed E-state index contributed by atoms with van der Waals surface area (Å²) in [6.07, 6.45) is 2.52. The second-order valence-electron chi connectivity index (χ2n) is 9.50. The smallest absolute Gasteiger partial charge is 0.340 e. The highest BCUT2D eigenvalue weighted by Gasteiger charge is 2.37. The van der Waals surface area contributed by atoms with Crippen LogP contribution in [0.25, 0.3) is 0 Å². The Balaban J connectivity index is 1.60. The highest BCUT2D eigenvalue weighted by molar-refractivity contribution is 5.93. The van der Waals surface area contributed by atoms with Gasteiger partial charge < -0.3 is 25.1 Å². The molecule has 2 aliphatic heterocycles. The number of likely N-dealkylation sites (tertiary alicyclic amines) is 1. The fourth-order valence-corrected chi connectivity index (χ4v) is 4.27. The highest BCUT2D eigenvalue weighted by atomic mass is 16.6. The number of rotatable bonds is 6. The SMILES string of the molecule is CC(C)(C)OC(=O)C1=C(N)Oc2cc(O)ccc2C1c1ccc(OCCN2CCCC2)cc1. The highest BCUT2D eigenvalue weighted by Crippen LogP contribution is 2.44. The fraction of sp³-hybridized carbons (Fsp3) is 0.423. The summed E-state index contributed by atoms with van der Waals surface area (Å²) in [5, 5.41) is 9.91. The van der Waals surface area contributed by atoms with Gasteiger partial charge in [0, 0.05) is 18.2 Å². The van der Waals surface area contributed by atoms with E-state index in [1.54, 1.807) is 32.9 Å². The normalized spacial score (nSPS) is 18.6. The molecule has 7 heteroatoms. The molecule has 2 aromatic rings. The zero-order valence-electron chi connectivity index (χ0n) is 19.5. The molecule has 2 aromatic carbocycles. The number of fused-ring (bicyclic) bond motifs is 1. The first-order valence-electron chi connectivity index (χ1n) is 11.4. The summed E-state index contributed by atoms with van der Waals surface area (Å²) in [7, 11) is 0. The Bertz CT molecular complexity index is 1030. The van der Waals surface area contributed by atoms with Gasteiger partial charge in [-0.1, -0.05) is 18.2 Å². The predicted molar refractivity (Wildman–Crippen MR) is 125 cm³/mol. The van der Waals surface area contributed by atoms with Gasteiger partial charge in [-0.05, 0) is 70.5 Å². The summed E-state index contributed by atoms with van der Waals surface area (Å²) in [4.78, 5) is 15.5. The van der Waals surface area contributed by atoms with Gasteiger partial charge in [-0.25, -0.2) is 4.79 Å². The van der Waals surface area contributed by atoms with E-state index in [4.69, 9.17) is 19.9 Å². The Labute approximate surface area is 194 Å². The first-order valence-corrected chi connectivity index (χ1v) is 11.4. The van der Waals surface area contributed by atoms with Gasteiger partial charge >= 0.3 is 5.97 Å². The van der Waals surface area contributed by atoms with Crippen LogP contribution in [-0.2, 0) is 9.53 Å². The van der Waals surface area contributed by atoms with Crippen LogP contribution in [0.3, 0.4) is 0 Å². The van der Waals surface area contributed by atoms with Gasteiger partial charge in [0.2, 0.25) is 5.88 Å². The van der Waals surface area contributed by atoms with Crippen LogP contribution in [0.5, 0.6) is 17.2 Å². The number of nitrogens with zero attached hydrogens (tertiary/aromatic N) is 1. The number of carbonyl (C=O) groups excluding carboxylic acids is 1. The molecule has 2 aliphatic rings. The number of hydrogen-bond acceptors (Lipinski definition) is 7. The van der Waals surface area contributed by atoms with Crippen molar-refractivity contribution in [3.05, 3.63) is 65.0 Å². The minimum absolute atomic E-state index is 0.0294. The van der Waals surface area contributed by atoms with Crippen molar-refractivity contribution in [3.63, 3.8) is 0 Å². The number of ether oxygens (including phenoxy) is 3. The monoisotopic (exact) mass is 452 g/mol. The molecule has 2 heterocycles. The molecule has 3 N–H and O–H groups in total. The predicted octanol–water partition coefficient (Wildman–Crippen LogP) is 3.90. The Morgan fingerprint density at radius 2 is 1.85 bits per heavy atom. The second-order valence-corrected chi connectivity index (χ2v) is 9.50. The quantitative estimate of drug-likeness (QED) is 0.642. The van der Waals surface area contributed by atoms with Gasteiger partial charge in [0.25, 0.3) is 0 Å². The molecule has 1 saturated heterocycles. The van der Waals surface area contributed by atoms with Crippen LogP contribution >= 0.6 is 0 Å². The van der Waals surface area contributed by atoms with Crippen LogP contribution in [0, 0.1) is 0 Å². The Morgan fingerprint density at radius 3 is 2.52 bits per heavy atom. The maximum Gasteiger partial charge on any atom is 0.340 e. The van der Waals surface area contributed by atoms with E-state index in [1.807, 2.05) is 24.3 Å². The molecule has 0 saturated carbocycles. The van der Waals surface area contributed by atoms with Crippen LogP contribution in [0.15, 0.2) is 53.9 Å². The summed E-state index contributed by atoms with van der Waals surface area (Å²) >= 11 is 0. The molecular formula is C26H32N2O5. The van der Waals surface area contributed by atoms with Crippen LogP contribution in [-0.4, -0.2) is 47.8 Å². The van der Waals surface area contributed by atoms with Crippen molar-refractivity contribution in [3.8, 4) is 17.2 Å². The number of benzene rings is 2. The topological polar surface area (TPSA) is 94.2 Å². The summed E-state index contributed by atoms with van der Waals surface area (Å²) < 4.78 is 17.3. The van der Waals surface area contributed by atoms with Gasteiger partial charge in [-0.15, -0.1) is 0 Å². The fourth-order valence-electron chi connectivity index (χ4n) is 4.27. The van der Waals surface area contributed by atoms with Crippen LogP contribution < -0.4 is 15.2 Å². The van der Waals surface area contributed by atoms with Crippen molar-refractivity contribution in [2.45, 2.75) is 45.1 Å². The minimum Gasteiger partial charge on any atom is -0.508 e.